The third-order valence-electron chi connectivity index (χ3n) is 5.28. The molecule has 3 aromatic rings. The van der Waals surface area contributed by atoms with Gasteiger partial charge < -0.3 is 26.0 Å². The van der Waals surface area contributed by atoms with Gasteiger partial charge in [0, 0.05) is 42.3 Å². The maximum atomic E-state index is 13.0. The van der Waals surface area contributed by atoms with E-state index in [1.54, 1.807) is 29.8 Å². The zero-order chi connectivity index (χ0) is 23.8. The summed E-state index contributed by atoms with van der Waals surface area (Å²) in [6.45, 7) is 2.48. The summed E-state index contributed by atoms with van der Waals surface area (Å²) in [5, 5.41) is 14.5. The van der Waals surface area contributed by atoms with Crippen LogP contribution in [0.5, 0.6) is 5.75 Å². The molecule has 0 saturated heterocycles. The van der Waals surface area contributed by atoms with Crippen molar-refractivity contribution in [2.24, 2.45) is 0 Å². The fraction of sp³-hybridized carbons (Fsp3) is 0.333. The summed E-state index contributed by atoms with van der Waals surface area (Å²) in [5.74, 6) is 0.727. The number of amides is 2. The first-order valence-electron chi connectivity index (χ1n) is 11.3. The molecular weight excluding hydrogens is 452 g/mol. The number of fused-ring (bicyclic) bond motifs is 6. The molecule has 0 fully saturated rings. The second-order valence-electron chi connectivity index (χ2n) is 7.83. The molecule has 0 aliphatic carbocycles. The van der Waals surface area contributed by atoms with E-state index in [1.165, 1.54) is 11.3 Å². The van der Waals surface area contributed by atoms with E-state index in [-0.39, 0.29) is 11.8 Å². The lowest BCUT2D eigenvalue weighted by Crippen LogP contribution is -2.30. The first-order valence-corrected chi connectivity index (χ1v) is 12.2. The van der Waals surface area contributed by atoms with Crippen LogP contribution in [0.1, 0.15) is 40.1 Å². The molecule has 4 rings (SSSR count). The number of carbonyl (C=O) groups is 2. The second kappa shape index (κ2) is 11.6. The molecule has 178 valence electrons. The van der Waals surface area contributed by atoms with E-state index in [9.17, 15) is 9.59 Å². The molecule has 4 N–H and O–H groups in total. The van der Waals surface area contributed by atoms with E-state index < -0.39 is 0 Å². The minimum atomic E-state index is -0.364. The summed E-state index contributed by atoms with van der Waals surface area (Å²) in [5.41, 5.74) is 2.08. The van der Waals surface area contributed by atoms with Gasteiger partial charge in [-0.05, 0) is 56.6 Å². The summed E-state index contributed by atoms with van der Waals surface area (Å²) in [6.07, 6.45) is 4.56. The Morgan fingerprint density at radius 2 is 2.09 bits per heavy atom. The van der Waals surface area contributed by atoms with Crippen LogP contribution in [-0.2, 0) is 0 Å². The summed E-state index contributed by atoms with van der Waals surface area (Å²) in [6, 6.07) is 8.88. The van der Waals surface area contributed by atoms with Crippen molar-refractivity contribution in [2.45, 2.75) is 19.3 Å². The third kappa shape index (κ3) is 6.09. The Kier molecular flexibility index (Phi) is 8.05. The van der Waals surface area contributed by atoms with Crippen LogP contribution in [0.15, 0.2) is 41.9 Å². The molecule has 0 radical (unpaired) electrons. The topological polar surface area (TPSA) is 117 Å². The largest absolute Gasteiger partial charge is 0.491 e. The highest BCUT2D eigenvalue weighted by atomic mass is 32.1. The van der Waals surface area contributed by atoms with Crippen molar-refractivity contribution in [3.8, 4) is 16.3 Å². The number of anilines is 2. The van der Waals surface area contributed by atoms with Gasteiger partial charge in [-0.2, -0.15) is 0 Å². The monoisotopic (exact) mass is 480 g/mol. The molecule has 9 nitrogen and oxygen atoms in total. The van der Waals surface area contributed by atoms with E-state index in [4.69, 9.17) is 4.74 Å². The number of nitrogens with one attached hydrogen (secondary N) is 4. The molecule has 1 aromatic carbocycles. The number of aromatic nitrogens is 2. The first kappa shape index (κ1) is 23.7. The molecule has 2 amide bonds. The summed E-state index contributed by atoms with van der Waals surface area (Å²) >= 11 is 1.39. The fourth-order valence-corrected chi connectivity index (χ4v) is 4.25. The van der Waals surface area contributed by atoms with Crippen LogP contribution >= 0.6 is 11.3 Å². The van der Waals surface area contributed by atoms with E-state index in [0.717, 1.165) is 42.2 Å². The average molecular weight is 481 g/mol. The number of rotatable bonds is 4. The molecule has 1 aliphatic heterocycles. The van der Waals surface area contributed by atoms with Gasteiger partial charge in [-0.15, -0.1) is 11.3 Å². The molecule has 0 saturated carbocycles. The van der Waals surface area contributed by atoms with Crippen molar-refractivity contribution in [3.05, 3.63) is 53.2 Å². The Hall–Kier alpha value is -3.50. The number of thiazole rings is 1. The van der Waals surface area contributed by atoms with Crippen LogP contribution in [0.4, 0.5) is 11.5 Å². The van der Waals surface area contributed by atoms with Gasteiger partial charge in [-0.25, -0.2) is 9.97 Å². The lowest BCUT2D eigenvalue weighted by molar-refractivity contribution is 0.0952. The minimum absolute atomic E-state index is 0.215. The van der Waals surface area contributed by atoms with E-state index >= 15 is 0 Å². The number of pyridine rings is 1. The van der Waals surface area contributed by atoms with Gasteiger partial charge in [0.25, 0.3) is 11.8 Å². The maximum Gasteiger partial charge on any atom is 0.275 e. The van der Waals surface area contributed by atoms with Crippen molar-refractivity contribution in [3.63, 3.8) is 0 Å². The van der Waals surface area contributed by atoms with Gasteiger partial charge in [0.15, 0.2) is 0 Å². The smallest absolute Gasteiger partial charge is 0.275 e. The summed E-state index contributed by atoms with van der Waals surface area (Å²) < 4.78 is 5.96. The molecule has 34 heavy (non-hydrogen) atoms. The number of ether oxygens (including phenoxy) is 1. The molecule has 0 spiro atoms. The Bertz CT molecular complexity index is 1150. The quantitative estimate of drug-likeness (QED) is 0.423. The highest BCUT2D eigenvalue weighted by Crippen LogP contribution is 2.29. The Balaban J connectivity index is 1.60. The molecule has 1 aliphatic rings. The predicted molar refractivity (Wildman–Crippen MR) is 134 cm³/mol. The van der Waals surface area contributed by atoms with Gasteiger partial charge in [-0.1, -0.05) is 0 Å². The lowest BCUT2D eigenvalue weighted by atomic mass is 10.1. The average Bonchev–Trinajstić information content (AvgIpc) is 3.34. The van der Waals surface area contributed by atoms with Crippen LogP contribution in [-0.4, -0.2) is 55.1 Å². The van der Waals surface area contributed by atoms with Gasteiger partial charge in [0.05, 0.1) is 12.3 Å². The van der Waals surface area contributed by atoms with E-state index in [2.05, 4.69) is 31.2 Å². The number of hydrogen-bond donors (Lipinski definition) is 4. The first-order chi connectivity index (χ1) is 16.6. The summed E-state index contributed by atoms with van der Waals surface area (Å²) in [4.78, 5) is 34.4. The number of hydrogen-bond acceptors (Lipinski definition) is 8. The zero-order valence-corrected chi connectivity index (χ0v) is 19.8. The highest BCUT2D eigenvalue weighted by molar-refractivity contribution is 7.13. The van der Waals surface area contributed by atoms with Gasteiger partial charge in [-0.3, -0.25) is 9.59 Å². The van der Waals surface area contributed by atoms with Gasteiger partial charge in [0.2, 0.25) is 0 Å². The molecule has 0 unspecified atom stereocenters. The molecule has 2 aromatic heterocycles. The molecular formula is C24H28N6O3S. The Morgan fingerprint density at radius 3 is 2.97 bits per heavy atom. The molecule has 4 bridgehead atoms. The van der Waals surface area contributed by atoms with E-state index in [0.29, 0.717) is 42.4 Å². The van der Waals surface area contributed by atoms with Gasteiger partial charge in [0.1, 0.15) is 22.3 Å². The highest BCUT2D eigenvalue weighted by Gasteiger charge is 2.17. The zero-order valence-electron chi connectivity index (χ0n) is 19.0. The van der Waals surface area contributed by atoms with Crippen LogP contribution in [0.25, 0.3) is 10.6 Å². The van der Waals surface area contributed by atoms with Crippen molar-refractivity contribution in [1.29, 1.82) is 0 Å². The number of carbonyl (C=O) groups excluding carboxylic acids is 2. The Labute approximate surface area is 202 Å². The molecule has 3 heterocycles. The molecule has 0 atom stereocenters. The predicted octanol–water partition coefficient (Wildman–Crippen LogP) is 3.38. The van der Waals surface area contributed by atoms with Crippen LogP contribution < -0.4 is 26.0 Å². The minimum Gasteiger partial charge on any atom is -0.491 e. The van der Waals surface area contributed by atoms with Crippen LogP contribution in [0.2, 0.25) is 0 Å². The summed E-state index contributed by atoms with van der Waals surface area (Å²) in [7, 11) is 1.82. The number of nitrogens with zero attached hydrogens (tertiary/aromatic N) is 2. The van der Waals surface area contributed by atoms with Gasteiger partial charge >= 0.3 is 0 Å². The fourth-order valence-electron chi connectivity index (χ4n) is 3.46. The number of likely N-dealkylation sites (N-methyl/N-ethyl adjacent to an activating group) is 1. The van der Waals surface area contributed by atoms with Crippen molar-refractivity contribution in [2.75, 3.05) is 43.9 Å². The third-order valence-corrected chi connectivity index (χ3v) is 6.17. The number of benzene rings is 1. The molecule has 10 heteroatoms. The SMILES string of the molecule is CNCCNC(=O)c1ccc2c(c1)NC(=O)c1csc(n1)-c1ccnc(c1)NCCCCCO2. The van der Waals surface area contributed by atoms with Crippen LogP contribution in [0.3, 0.4) is 0 Å². The van der Waals surface area contributed by atoms with Crippen LogP contribution in [0, 0.1) is 0 Å². The van der Waals surface area contributed by atoms with Crippen molar-refractivity contribution in [1.82, 2.24) is 20.6 Å². The second-order valence-corrected chi connectivity index (χ2v) is 8.69. The Morgan fingerprint density at radius 1 is 1.18 bits per heavy atom. The van der Waals surface area contributed by atoms with Crippen molar-refractivity contribution >= 4 is 34.7 Å². The van der Waals surface area contributed by atoms with E-state index in [1.807, 2.05) is 19.2 Å². The standard InChI is InChI=1S/C24H28N6O3S/c1-25-10-11-28-22(31)16-5-6-20-18(13-16)29-23(32)19-15-34-24(30-19)17-7-9-27-21(14-17)26-8-3-2-4-12-33-20/h5-7,9,13-15,25H,2-4,8,10-12H2,1H3,(H,26,27)(H,28,31)(H,29,32). The lowest BCUT2D eigenvalue weighted by Gasteiger charge is -2.14. The normalized spacial score (nSPS) is 14.1. The van der Waals surface area contributed by atoms with Crippen molar-refractivity contribution < 1.29 is 14.3 Å². The maximum absolute atomic E-state index is 13.0.